The topological polar surface area (TPSA) is 38.0 Å². The molecule has 110 valence electrons. The summed E-state index contributed by atoms with van der Waals surface area (Å²) in [5.74, 6) is 0. The van der Waals surface area contributed by atoms with Crippen molar-refractivity contribution in [1.82, 2.24) is 5.32 Å². The molecule has 0 heterocycles. The number of nitrogens with one attached hydrogen (secondary N) is 1. The lowest BCUT2D eigenvalue weighted by atomic mass is 9.77. The third-order valence-corrected chi connectivity index (χ3v) is 4.73. The van der Waals surface area contributed by atoms with Crippen LogP contribution in [-0.2, 0) is 12.8 Å². The van der Waals surface area contributed by atoms with Crippen molar-refractivity contribution >= 4 is 0 Å². The molecule has 2 aromatic rings. The Morgan fingerprint density at radius 2 is 1.71 bits per heavy atom. The second kappa shape index (κ2) is 6.00. The molecule has 0 aliphatic heterocycles. The maximum atomic E-state index is 6.16. The Bertz CT molecular complexity index is 594. The lowest BCUT2D eigenvalue weighted by Crippen LogP contribution is -2.55. The van der Waals surface area contributed by atoms with Crippen molar-refractivity contribution in [3.8, 4) is 0 Å². The smallest absolute Gasteiger partial charge is 0.0353 e. The van der Waals surface area contributed by atoms with E-state index in [1.54, 1.807) is 0 Å². The van der Waals surface area contributed by atoms with Crippen LogP contribution in [0.3, 0.4) is 0 Å². The molecule has 0 radical (unpaired) electrons. The van der Waals surface area contributed by atoms with Gasteiger partial charge in [0.2, 0.25) is 0 Å². The maximum Gasteiger partial charge on any atom is 0.0353 e. The highest BCUT2D eigenvalue weighted by molar-refractivity contribution is 5.33. The van der Waals surface area contributed by atoms with E-state index in [9.17, 15) is 0 Å². The summed E-state index contributed by atoms with van der Waals surface area (Å²) >= 11 is 0. The number of nitrogens with two attached hydrogens (primary N) is 1. The molecular weight excluding hydrogens is 256 g/mol. The summed E-state index contributed by atoms with van der Waals surface area (Å²) in [6, 6.07) is 19.7. The minimum absolute atomic E-state index is 0.0175. The maximum absolute atomic E-state index is 6.16. The van der Waals surface area contributed by atoms with Gasteiger partial charge in [-0.3, -0.25) is 0 Å². The molecule has 0 fully saturated rings. The van der Waals surface area contributed by atoms with Crippen molar-refractivity contribution in [2.24, 2.45) is 5.73 Å². The fraction of sp³-hybridized carbons (Fsp3) is 0.368. The Morgan fingerprint density at radius 1 is 1.05 bits per heavy atom. The van der Waals surface area contributed by atoms with Gasteiger partial charge in [0, 0.05) is 18.1 Å². The fourth-order valence-corrected chi connectivity index (χ4v) is 3.44. The summed E-state index contributed by atoms with van der Waals surface area (Å²) in [5, 5.41) is 3.81. The van der Waals surface area contributed by atoms with Gasteiger partial charge in [0.05, 0.1) is 0 Å². The average Bonchev–Trinajstić information content (AvgIpc) is 2.55. The van der Waals surface area contributed by atoms with Crippen LogP contribution in [0.25, 0.3) is 0 Å². The zero-order valence-electron chi connectivity index (χ0n) is 12.7. The zero-order chi connectivity index (χ0) is 14.7. The molecule has 2 unspecified atom stereocenters. The van der Waals surface area contributed by atoms with Gasteiger partial charge in [-0.25, -0.2) is 0 Å². The number of hydrogen-bond donors (Lipinski definition) is 2. The van der Waals surface area contributed by atoms with Gasteiger partial charge in [-0.1, -0.05) is 54.6 Å². The van der Waals surface area contributed by atoms with Gasteiger partial charge in [0.25, 0.3) is 0 Å². The van der Waals surface area contributed by atoms with Crippen LogP contribution in [-0.4, -0.2) is 12.1 Å². The number of aryl methyl sites for hydroxylation is 1. The van der Waals surface area contributed by atoms with Crippen molar-refractivity contribution < 1.29 is 0 Å². The first-order chi connectivity index (χ1) is 10.2. The van der Waals surface area contributed by atoms with Gasteiger partial charge < -0.3 is 11.1 Å². The number of hydrogen-bond acceptors (Lipinski definition) is 2. The molecule has 3 N–H and O–H groups in total. The molecule has 21 heavy (non-hydrogen) atoms. The second-order valence-electron chi connectivity index (χ2n) is 6.21. The van der Waals surface area contributed by atoms with Crippen LogP contribution in [0.1, 0.15) is 36.1 Å². The third kappa shape index (κ3) is 3.02. The van der Waals surface area contributed by atoms with Crippen LogP contribution in [0.5, 0.6) is 0 Å². The molecule has 1 aliphatic rings. The first-order valence-corrected chi connectivity index (χ1v) is 7.82. The lowest BCUT2D eigenvalue weighted by Gasteiger charge is -2.40. The molecule has 0 amide bonds. The van der Waals surface area contributed by atoms with E-state index in [4.69, 9.17) is 5.73 Å². The van der Waals surface area contributed by atoms with Gasteiger partial charge in [0.1, 0.15) is 0 Å². The van der Waals surface area contributed by atoms with Crippen molar-refractivity contribution in [2.45, 2.75) is 37.8 Å². The van der Waals surface area contributed by atoms with Crippen LogP contribution in [0.4, 0.5) is 0 Å². The molecule has 0 saturated heterocycles. The molecule has 2 atom stereocenters. The van der Waals surface area contributed by atoms with Crippen LogP contribution >= 0.6 is 0 Å². The summed E-state index contributed by atoms with van der Waals surface area (Å²) in [6.45, 7) is 2.91. The Hall–Kier alpha value is -1.64. The van der Waals surface area contributed by atoms with E-state index in [1.807, 2.05) is 0 Å². The van der Waals surface area contributed by atoms with E-state index >= 15 is 0 Å². The minimum Gasteiger partial charge on any atom is -0.329 e. The SMILES string of the molecule is CC(NC1(CN)CCc2ccccc2C1)c1ccccc1. The van der Waals surface area contributed by atoms with Gasteiger partial charge >= 0.3 is 0 Å². The molecule has 2 heteroatoms. The van der Waals surface area contributed by atoms with Crippen molar-refractivity contribution in [3.63, 3.8) is 0 Å². The lowest BCUT2D eigenvalue weighted by molar-refractivity contribution is 0.266. The standard InChI is InChI=1S/C19H24N2/c1-15(16-7-3-2-4-8-16)21-19(14-20)12-11-17-9-5-6-10-18(17)13-19/h2-10,15,21H,11-14,20H2,1H3. The molecule has 2 nitrogen and oxygen atoms in total. The highest BCUT2D eigenvalue weighted by atomic mass is 15.0. The van der Waals surface area contributed by atoms with E-state index in [0.29, 0.717) is 12.6 Å². The summed E-state index contributed by atoms with van der Waals surface area (Å²) in [5.41, 5.74) is 10.4. The largest absolute Gasteiger partial charge is 0.329 e. The monoisotopic (exact) mass is 280 g/mol. The third-order valence-electron chi connectivity index (χ3n) is 4.73. The van der Waals surface area contributed by atoms with Crippen LogP contribution in [0.2, 0.25) is 0 Å². The molecule has 2 aromatic carbocycles. The summed E-state index contributed by atoms with van der Waals surface area (Å²) < 4.78 is 0. The molecular formula is C19H24N2. The Kier molecular flexibility index (Phi) is 4.09. The predicted molar refractivity (Wildman–Crippen MR) is 88.2 cm³/mol. The normalized spacial score (nSPS) is 22.6. The van der Waals surface area contributed by atoms with E-state index in [2.05, 4.69) is 66.8 Å². The number of rotatable bonds is 4. The fourth-order valence-electron chi connectivity index (χ4n) is 3.44. The van der Waals surface area contributed by atoms with Gasteiger partial charge in [0.15, 0.2) is 0 Å². The Labute approximate surface area is 127 Å². The van der Waals surface area contributed by atoms with Crippen molar-refractivity contribution in [3.05, 3.63) is 71.3 Å². The van der Waals surface area contributed by atoms with Crippen molar-refractivity contribution in [2.75, 3.05) is 6.54 Å². The highest BCUT2D eigenvalue weighted by Gasteiger charge is 2.34. The summed E-state index contributed by atoms with van der Waals surface area (Å²) in [6.07, 6.45) is 3.25. The first kappa shape index (κ1) is 14.3. The molecule has 1 aliphatic carbocycles. The van der Waals surface area contributed by atoms with Crippen LogP contribution < -0.4 is 11.1 Å². The summed E-state index contributed by atoms with van der Waals surface area (Å²) in [4.78, 5) is 0. The van der Waals surface area contributed by atoms with E-state index in [0.717, 1.165) is 19.3 Å². The molecule has 3 rings (SSSR count). The van der Waals surface area contributed by atoms with E-state index in [-0.39, 0.29) is 5.54 Å². The second-order valence-corrected chi connectivity index (χ2v) is 6.21. The Balaban J connectivity index is 1.79. The minimum atomic E-state index is 0.0175. The van der Waals surface area contributed by atoms with Crippen LogP contribution in [0, 0.1) is 0 Å². The van der Waals surface area contributed by atoms with Gasteiger partial charge in [-0.05, 0) is 42.9 Å². The summed E-state index contributed by atoms with van der Waals surface area (Å²) in [7, 11) is 0. The number of benzene rings is 2. The van der Waals surface area contributed by atoms with E-state index < -0.39 is 0 Å². The first-order valence-electron chi connectivity index (χ1n) is 7.82. The van der Waals surface area contributed by atoms with Gasteiger partial charge in [-0.15, -0.1) is 0 Å². The molecule has 0 bridgehead atoms. The Morgan fingerprint density at radius 3 is 2.43 bits per heavy atom. The predicted octanol–water partition coefficient (Wildman–Crippen LogP) is 3.22. The van der Waals surface area contributed by atoms with Crippen LogP contribution in [0.15, 0.2) is 54.6 Å². The number of fused-ring (bicyclic) bond motifs is 1. The quantitative estimate of drug-likeness (QED) is 0.902. The average molecular weight is 280 g/mol. The van der Waals surface area contributed by atoms with Gasteiger partial charge in [-0.2, -0.15) is 0 Å². The van der Waals surface area contributed by atoms with Crippen molar-refractivity contribution in [1.29, 1.82) is 0 Å². The van der Waals surface area contributed by atoms with E-state index in [1.165, 1.54) is 16.7 Å². The zero-order valence-corrected chi connectivity index (χ0v) is 12.7. The molecule has 0 spiro atoms. The highest BCUT2D eigenvalue weighted by Crippen LogP contribution is 2.30. The molecule has 0 aromatic heterocycles. The molecule has 0 saturated carbocycles.